The van der Waals surface area contributed by atoms with Crippen LogP contribution in [0.15, 0.2) is 24.4 Å². The van der Waals surface area contributed by atoms with Crippen molar-refractivity contribution in [2.24, 2.45) is 5.92 Å². The third-order valence-corrected chi connectivity index (χ3v) is 4.51. The van der Waals surface area contributed by atoms with E-state index in [1.807, 2.05) is 0 Å². The Balaban J connectivity index is 1.74. The van der Waals surface area contributed by atoms with Crippen LogP contribution in [0, 0.1) is 5.92 Å². The standard InChI is InChI=1S/C20H25N5O3/c1-12(2)7-18-22-9-14-10-25(11-16(14)23-18)20(27)24-15-8-13(19(26)21-3)5-6-17(15)28-4/h5-6,8-9,12H,7,10-11H2,1-4H3,(H,21,26)(H,24,27). The summed E-state index contributed by atoms with van der Waals surface area (Å²) in [5, 5.41) is 5.41. The van der Waals surface area contributed by atoms with Gasteiger partial charge in [0, 0.05) is 30.8 Å². The van der Waals surface area contributed by atoms with Gasteiger partial charge < -0.3 is 20.3 Å². The first-order valence-electron chi connectivity index (χ1n) is 9.21. The molecule has 0 spiro atoms. The zero-order chi connectivity index (χ0) is 20.3. The van der Waals surface area contributed by atoms with Gasteiger partial charge in [0.1, 0.15) is 11.6 Å². The highest BCUT2D eigenvalue weighted by atomic mass is 16.5. The summed E-state index contributed by atoms with van der Waals surface area (Å²) in [6, 6.07) is 4.61. The molecular weight excluding hydrogens is 358 g/mol. The molecule has 8 nitrogen and oxygen atoms in total. The molecule has 0 unspecified atom stereocenters. The van der Waals surface area contributed by atoms with E-state index in [9.17, 15) is 9.59 Å². The lowest BCUT2D eigenvalue weighted by Gasteiger charge is -2.18. The Morgan fingerprint density at radius 3 is 2.75 bits per heavy atom. The average Bonchev–Trinajstić information content (AvgIpc) is 3.10. The minimum atomic E-state index is -0.282. The van der Waals surface area contributed by atoms with Gasteiger partial charge in [0.2, 0.25) is 0 Å². The fraction of sp³-hybridized carbons (Fsp3) is 0.400. The van der Waals surface area contributed by atoms with Crippen LogP contribution in [0.25, 0.3) is 0 Å². The van der Waals surface area contributed by atoms with Gasteiger partial charge in [-0.1, -0.05) is 13.8 Å². The Labute approximate surface area is 164 Å². The first kappa shape index (κ1) is 19.6. The van der Waals surface area contributed by atoms with Crippen molar-refractivity contribution in [3.05, 3.63) is 47.0 Å². The number of fused-ring (bicyclic) bond motifs is 1. The minimum absolute atomic E-state index is 0.236. The van der Waals surface area contributed by atoms with Gasteiger partial charge in [0.15, 0.2) is 0 Å². The van der Waals surface area contributed by atoms with Crippen LogP contribution in [0.2, 0.25) is 0 Å². The molecule has 1 aromatic carbocycles. The van der Waals surface area contributed by atoms with Crippen molar-refractivity contribution in [3.63, 3.8) is 0 Å². The zero-order valence-electron chi connectivity index (χ0n) is 16.6. The predicted octanol–water partition coefficient (Wildman–Crippen LogP) is 2.59. The fourth-order valence-corrected chi connectivity index (χ4v) is 3.09. The van der Waals surface area contributed by atoms with Crippen molar-refractivity contribution < 1.29 is 14.3 Å². The van der Waals surface area contributed by atoms with Crippen LogP contribution in [0.1, 0.15) is 41.3 Å². The van der Waals surface area contributed by atoms with Gasteiger partial charge in [-0.25, -0.2) is 14.8 Å². The summed E-state index contributed by atoms with van der Waals surface area (Å²) >= 11 is 0. The number of anilines is 1. The molecule has 0 aliphatic carbocycles. The average molecular weight is 383 g/mol. The normalized spacial score (nSPS) is 12.7. The molecule has 3 amide bonds. The summed E-state index contributed by atoms with van der Waals surface area (Å²) in [7, 11) is 3.07. The van der Waals surface area contributed by atoms with E-state index >= 15 is 0 Å². The van der Waals surface area contributed by atoms with E-state index in [1.165, 1.54) is 7.11 Å². The van der Waals surface area contributed by atoms with Gasteiger partial charge in [0.25, 0.3) is 5.91 Å². The lowest BCUT2D eigenvalue weighted by Crippen LogP contribution is -2.30. The first-order valence-corrected chi connectivity index (χ1v) is 9.21. The molecule has 148 valence electrons. The molecule has 28 heavy (non-hydrogen) atoms. The summed E-state index contributed by atoms with van der Waals surface area (Å²) in [4.78, 5) is 35.3. The number of hydrogen-bond acceptors (Lipinski definition) is 5. The van der Waals surface area contributed by atoms with Crippen molar-refractivity contribution >= 4 is 17.6 Å². The molecule has 3 rings (SSSR count). The Hall–Kier alpha value is -3.16. The number of amides is 3. The van der Waals surface area contributed by atoms with E-state index < -0.39 is 0 Å². The number of benzene rings is 1. The van der Waals surface area contributed by atoms with Gasteiger partial charge in [-0.2, -0.15) is 0 Å². The molecule has 0 fully saturated rings. The van der Waals surface area contributed by atoms with Crippen molar-refractivity contribution in [1.82, 2.24) is 20.2 Å². The molecule has 1 aliphatic rings. The lowest BCUT2D eigenvalue weighted by molar-refractivity contribution is 0.0963. The molecule has 0 radical (unpaired) electrons. The van der Waals surface area contributed by atoms with Crippen molar-refractivity contribution in [3.8, 4) is 5.75 Å². The van der Waals surface area contributed by atoms with Crippen molar-refractivity contribution in [2.45, 2.75) is 33.4 Å². The van der Waals surface area contributed by atoms with E-state index in [1.54, 1.807) is 36.3 Å². The molecule has 0 bridgehead atoms. The molecular formula is C20H25N5O3. The number of carbonyl (C=O) groups excluding carboxylic acids is 2. The number of ether oxygens (including phenoxy) is 1. The second kappa shape index (κ2) is 8.24. The lowest BCUT2D eigenvalue weighted by atomic mass is 10.1. The van der Waals surface area contributed by atoms with Gasteiger partial charge in [-0.05, 0) is 24.1 Å². The van der Waals surface area contributed by atoms with Crippen LogP contribution >= 0.6 is 0 Å². The molecule has 8 heteroatoms. The summed E-state index contributed by atoms with van der Waals surface area (Å²) in [5.74, 6) is 1.52. The van der Waals surface area contributed by atoms with Gasteiger partial charge in [-0.15, -0.1) is 0 Å². The highest BCUT2D eigenvalue weighted by molar-refractivity contribution is 5.98. The molecule has 0 saturated heterocycles. The molecule has 0 atom stereocenters. The molecule has 1 aromatic heterocycles. The topological polar surface area (TPSA) is 96.5 Å². The summed E-state index contributed by atoms with van der Waals surface area (Å²) in [5.41, 5.74) is 2.71. The third kappa shape index (κ3) is 4.21. The maximum atomic E-state index is 12.8. The zero-order valence-corrected chi connectivity index (χ0v) is 16.6. The molecule has 2 heterocycles. The minimum Gasteiger partial charge on any atom is -0.495 e. The largest absolute Gasteiger partial charge is 0.495 e. The SMILES string of the molecule is CNC(=O)c1ccc(OC)c(NC(=O)N2Cc3cnc(CC(C)C)nc3C2)c1. The van der Waals surface area contributed by atoms with Crippen molar-refractivity contribution in [2.75, 3.05) is 19.5 Å². The fourth-order valence-electron chi connectivity index (χ4n) is 3.09. The maximum Gasteiger partial charge on any atom is 0.322 e. The first-order chi connectivity index (χ1) is 13.4. The molecule has 1 aliphatic heterocycles. The van der Waals surface area contributed by atoms with Crippen LogP contribution < -0.4 is 15.4 Å². The van der Waals surface area contributed by atoms with E-state index in [0.29, 0.717) is 36.0 Å². The highest BCUT2D eigenvalue weighted by Crippen LogP contribution is 2.27. The number of nitrogens with one attached hydrogen (secondary N) is 2. The number of carbonyl (C=O) groups is 2. The van der Waals surface area contributed by atoms with Crippen LogP contribution in [0.4, 0.5) is 10.5 Å². The predicted molar refractivity (Wildman–Crippen MR) is 105 cm³/mol. The summed E-state index contributed by atoms with van der Waals surface area (Å²) in [6.45, 7) is 5.11. The van der Waals surface area contributed by atoms with E-state index in [0.717, 1.165) is 23.5 Å². The second-order valence-corrected chi connectivity index (χ2v) is 7.14. The van der Waals surface area contributed by atoms with Crippen LogP contribution in [-0.4, -0.2) is 41.0 Å². The second-order valence-electron chi connectivity index (χ2n) is 7.14. The van der Waals surface area contributed by atoms with Gasteiger partial charge in [-0.3, -0.25) is 4.79 Å². The van der Waals surface area contributed by atoms with Gasteiger partial charge in [0.05, 0.1) is 31.6 Å². The third-order valence-electron chi connectivity index (χ3n) is 4.51. The summed E-state index contributed by atoms with van der Waals surface area (Å²) < 4.78 is 5.30. The Kier molecular flexibility index (Phi) is 5.77. The Morgan fingerprint density at radius 2 is 2.07 bits per heavy atom. The van der Waals surface area contributed by atoms with E-state index in [4.69, 9.17) is 4.74 Å². The van der Waals surface area contributed by atoms with Crippen molar-refractivity contribution in [1.29, 1.82) is 0 Å². The molecule has 2 aromatic rings. The number of nitrogens with zero attached hydrogens (tertiary/aromatic N) is 3. The Morgan fingerprint density at radius 1 is 1.29 bits per heavy atom. The monoisotopic (exact) mass is 383 g/mol. The van der Waals surface area contributed by atoms with Crippen LogP contribution in [0.5, 0.6) is 5.75 Å². The van der Waals surface area contributed by atoms with Crippen LogP contribution in [0.3, 0.4) is 0 Å². The number of rotatable bonds is 5. The quantitative estimate of drug-likeness (QED) is 0.827. The highest BCUT2D eigenvalue weighted by Gasteiger charge is 2.26. The maximum absolute atomic E-state index is 12.8. The molecule has 0 saturated carbocycles. The number of hydrogen-bond donors (Lipinski definition) is 2. The number of aromatic nitrogens is 2. The van der Waals surface area contributed by atoms with Crippen LogP contribution in [-0.2, 0) is 19.5 Å². The smallest absolute Gasteiger partial charge is 0.322 e. The van der Waals surface area contributed by atoms with E-state index in [-0.39, 0.29) is 11.9 Å². The Bertz CT molecular complexity index is 897. The van der Waals surface area contributed by atoms with Gasteiger partial charge >= 0.3 is 6.03 Å². The summed E-state index contributed by atoms with van der Waals surface area (Å²) in [6.07, 6.45) is 2.61. The number of methoxy groups -OCH3 is 1. The van der Waals surface area contributed by atoms with E-state index in [2.05, 4.69) is 34.4 Å². The number of urea groups is 1. The molecule has 2 N–H and O–H groups in total.